The molecule has 1 aromatic carbocycles. The van der Waals surface area contributed by atoms with Gasteiger partial charge in [-0.15, -0.1) is 0 Å². The van der Waals surface area contributed by atoms with Gasteiger partial charge in [-0.05, 0) is 32.4 Å². The third kappa shape index (κ3) is 3.71. The number of hydrogen-bond acceptors (Lipinski definition) is 5. The number of hydrogen-bond donors (Lipinski definition) is 2. The topological polar surface area (TPSA) is 77.4 Å². The van der Waals surface area contributed by atoms with Crippen LogP contribution < -0.4 is 20.1 Å². The van der Waals surface area contributed by atoms with E-state index >= 15 is 0 Å². The average molecular weight is 384 g/mol. The van der Waals surface area contributed by atoms with Crippen LogP contribution in [0.25, 0.3) is 0 Å². The summed E-state index contributed by atoms with van der Waals surface area (Å²) in [6.07, 6.45) is 6.26. The minimum absolute atomic E-state index is 0.0833. The van der Waals surface area contributed by atoms with Crippen molar-refractivity contribution in [3.63, 3.8) is 0 Å². The summed E-state index contributed by atoms with van der Waals surface area (Å²) >= 11 is 0. The molecule has 2 aliphatic heterocycles. The molecule has 4 rings (SSSR count). The molecular weight excluding hydrogens is 356 g/mol. The molecule has 7 nitrogen and oxygen atoms in total. The number of carbonyl (C=O) groups excluding carboxylic acids is 1. The fourth-order valence-electron chi connectivity index (χ4n) is 4.12. The van der Waals surface area contributed by atoms with Crippen LogP contribution in [0.1, 0.15) is 49.4 Å². The van der Waals surface area contributed by atoms with Crippen molar-refractivity contribution >= 4 is 5.91 Å². The van der Waals surface area contributed by atoms with E-state index in [0.29, 0.717) is 13.0 Å². The Labute approximate surface area is 165 Å². The number of aryl methyl sites for hydroxylation is 1. The predicted octanol–water partition coefficient (Wildman–Crippen LogP) is 2.34. The first-order valence-electron chi connectivity index (χ1n) is 9.99. The fourth-order valence-corrected chi connectivity index (χ4v) is 4.12. The van der Waals surface area contributed by atoms with E-state index in [1.54, 1.807) is 7.11 Å². The smallest absolute Gasteiger partial charge is 0.220 e. The van der Waals surface area contributed by atoms with Crippen LogP contribution in [0.2, 0.25) is 0 Å². The van der Waals surface area contributed by atoms with E-state index in [0.717, 1.165) is 42.0 Å². The molecule has 1 aromatic heterocycles. The van der Waals surface area contributed by atoms with Crippen LogP contribution in [0, 0.1) is 0 Å². The summed E-state index contributed by atoms with van der Waals surface area (Å²) in [5, 5.41) is 11.1. The van der Waals surface area contributed by atoms with Gasteiger partial charge in [-0.2, -0.15) is 5.10 Å². The van der Waals surface area contributed by atoms with Crippen molar-refractivity contribution in [1.29, 1.82) is 0 Å². The number of fused-ring (bicyclic) bond motifs is 1. The average Bonchev–Trinajstić information content (AvgIpc) is 3.32. The normalized spacial score (nSPS) is 23.8. The lowest BCUT2D eigenvalue weighted by Gasteiger charge is -2.32. The summed E-state index contributed by atoms with van der Waals surface area (Å²) in [7, 11) is 1.69. The van der Waals surface area contributed by atoms with Gasteiger partial charge < -0.3 is 20.1 Å². The van der Waals surface area contributed by atoms with Gasteiger partial charge in [0.15, 0.2) is 0 Å². The van der Waals surface area contributed by atoms with E-state index in [2.05, 4.69) is 35.6 Å². The molecule has 2 aliphatic rings. The molecule has 28 heavy (non-hydrogen) atoms. The third-order valence-electron chi connectivity index (χ3n) is 5.57. The highest BCUT2D eigenvalue weighted by atomic mass is 16.5. The number of ether oxygens (including phenoxy) is 2. The summed E-state index contributed by atoms with van der Waals surface area (Å²) in [4.78, 5) is 12.0. The molecule has 2 N–H and O–H groups in total. The van der Waals surface area contributed by atoms with Crippen molar-refractivity contribution < 1.29 is 14.3 Å². The van der Waals surface area contributed by atoms with Crippen LogP contribution in [-0.4, -0.2) is 34.9 Å². The second-order valence-electron chi connectivity index (χ2n) is 7.61. The summed E-state index contributed by atoms with van der Waals surface area (Å²) in [6, 6.07) is 4.15. The van der Waals surface area contributed by atoms with Crippen molar-refractivity contribution in [3.8, 4) is 11.5 Å². The van der Waals surface area contributed by atoms with Crippen LogP contribution in [0.3, 0.4) is 0 Å². The highest BCUT2D eigenvalue weighted by Gasteiger charge is 2.31. The van der Waals surface area contributed by atoms with Crippen LogP contribution in [0.4, 0.5) is 0 Å². The number of rotatable bonds is 6. The molecule has 0 spiro atoms. The van der Waals surface area contributed by atoms with E-state index in [1.165, 1.54) is 5.56 Å². The molecule has 0 radical (unpaired) electrons. The fraction of sp³-hybridized carbons (Fsp3) is 0.524. The first-order chi connectivity index (χ1) is 13.6. The first-order valence-corrected chi connectivity index (χ1v) is 9.99. The zero-order valence-corrected chi connectivity index (χ0v) is 16.7. The maximum absolute atomic E-state index is 12.0. The predicted molar refractivity (Wildman–Crippen MR) is 105 cm³/mol. The van der Waals surface area contributed by atoms with Crippen molar-refractivity contribution in [2.45, 2.75) is 64.4 Å². The molecule has 0 aliphatic carbocycles. The quantitative estimate of drug-likeness (QED) is 0.799. The standard InChI is InChI=1S/C21H28N4O3/c1-4-25-12-16(11-23-25)20-18(5-6-19(26)24-20)22-10-15-9-17(27-3)8-14-7-13(2)28-21(14)15/h8-9,11-13,18,20,22H,4-7,10H2,1-3H3,(H,24,26)/t13-,18-,20+/m1/s1. The Kier molecular flexibility index (Phi) is 5.26. The molecule has 7 heteroatoms. The molecular formula is C21H28N4O3. The highest BCUT2D eigenvalue weighted by molar-refractivity contribution is 5.77. The zero-order chi connectivity index (χ0) is 19.7. The maximum Gasteiger partial charge on any atom is 0.220 e. The number of nitrogens with one attached hydrogen (secondary N) is 2. The van der Waals surface area contributed by atoms with Crippen molar-refractivity contribution in [1.82, 2.24) is 20.4 Å². The summed E-state index contributed by atoms with van der Waals surface area (Å²) in [5.74, 6) is 1.91. The van der Waals surface area contributed by atoms with E-state index in [4.69, 9.17) is 9.47 Å². The molecule has 3 atom stereocenters. The van der Waals surface area contributed by atoms with Gasteiger partial charge >= 0.3 is 0 Å². The van der Waals surface area contributed by atoms with Gasteiger partial charge in [0, 0.05) is 54.9 Å². The Morgan fingerprint density at radius 2 is 2.29 bits per heavy atom. The van der Waals surface area contributed by atoms with Gasteiger partial charge in [0.05, 0.1) is 19.3 Å². The molecule has 1 fully saturated rings. The SMILES string of the molecule is CCn1cc([C@@H]2NC(=O)CC[C@H]2NCc2cc(OC)cc3c2O[C@H](C)C3)cn1. The first kappa shape index (κ1) is 18.8. The van der Waals surface area contributed by atoms with Gasteiger partial charge in [0.1, 0.15) is 17.6 Å². The summed E-state index contributed by atoms with van der Waals surface area (Å²) < 4.78 is 13.4. The molecule has 150 valence electrons. The molecule has 1 saturated heterocycles. The van der Waals surface area contributed by atoms with E-state index in [-0.39, 0.29) is 24.1 Å². The molecule has 2 aromatic rings. The lowest BCUT2D eigenvalue weighted by molar-refractivity contribution is -0.123. The van der Waals surface area contributed by atoms with Crippen molar-refractivity contribution in [3.05, 3.63) is 41.2 Å². The Morgan fingerprint density at radius 1 is 1.43 bits per heavy atom. The molecule has 1 amide bonds. The Hall–Kier alpha value is -2.54. The van der Waals surface area contributed by atoms with Gasteiger partial charge in [-0.1, -0.05) is 0 Å². The van der Waals surface area contributed by atoms with Gasteiger partial charge in [-0.3, -0.25) is 9.48 Å². The summed E-state index contributed by atoms with van der Waals surface area (Å²) in [6.45, 7) is 5.60. The lowest BCUT2D eigenvalue weighted by atomic mass is 9.93. The van der Waals surface area contributed by atoms with Crippen LogP contribution >= 0.6 is 0 Å². The molecule has 0 saturated carbocycles. The Bertz CT molecular complexity index is 863. The maximum atomic E-state index is 12.0. The Morgan fingerprint density at radius 3 is 3.04 bits per heavy atom. The molecule has 3 heterocycles. The number of nitrogens with zero attached hydrogens (tertiary/aromatic N) is 2. The number of carbonyl (C=O) groups is 1. The monoisotopic (exact) mass is 384 g/mol. The van der Waals surface area contributed by atoms with Crippen LogP contribution in [0.5, 0.6) is 11.5 Å². The van der Waals surface area contributed by atoms with Crippen LogP contribution in [-0.2, 0) is 24.3 Å². The van der Waals surface area contributed by atoms with Gasteiger partial charge in [0.25, 0.3) is 0 Å². The van der Waals surface area contributed by atoms with Gasteiger partial charge in [0.2, 0.25) is 5.91 Å². The zero-order valence-electron chi connectivity index (χ0n) is 16.7. The van der Waals surface area contributed by atoms with E-state index in [1.807, 2.05) is 23.1 Å². The Balaban J connectivity index is 1.53. The van der Waals surface area contributed by atoms with Gasteiger partial charge in [-0.25, -0.2) is 0 Å². The number of aromatic nitrogens is 2. The minimum Gasteiger partial charge on any atom is -0.497 e. The molecule has 0 unspecified atom stereocenters. The largest absolute Gasteiger partial charge is 0.497 e. The lowest BCUT2D eigenvalue weighted by Crippen LogP contribution is -2.48. The van der Waals surface area contributed by atoms with Crippen LogP contribution in [0.15, 0.2) is 24.5 Å². The van der Waals surface area contributed by atoms with Crippen molar-refractivity contribution in [2.75, 3.05) is 7.11 Å². The highest BCUT2D eigenvalue weighted by Crippen LogP contribution is 2.36. The summed E-state index contributed by atoms with van der Waals surface area (Å²) in [5.41, 5.74) is 3.33. The second-order valence-corrected chi connectivity index (χ2v) is 7.61. The van der Waals surface area contributed by atoms with E-state index < -0.39 is 0 Å². The number of methoxy groups -OCH3 is 1. The van der Waals surface area contributed by atoms with E-state index in [9.17, 15) is 4.79 Å². The minimum atomic E-state index is -0.0833. The van der Waals surface area contributed by atoms with Crippen molar-refractivity contribution in [2.24, 2.45) is 0 Å². The number of piperidine rings is 1. The third-order valence-corrected chi connectivity index (χ3v) is 5.57. The number of benzene rings is 1. The number of amides is 1. The molecule has 0 bridgehead atoms. The second kappa shape index (κ2) is 7.83.